The van der Waals surface area contributed by atoms with Crippen molar-refractivity contribution < 1.29 is 9.47 Å². The summed E-state index contributed by atoms with van der Waals surface area (Å²) in [7, 11) is 3.53. The van der Waals surface area contributed by atoms with E-state index in [4.69, 9.17) is 9.47 Å². The van der Waals surface area contributed by atoms with Crippen LogP contribution in [-0.4, -0.2) is 18.8 Å². The lowest BCUT2D eigenvalue weighted by Crippen LogP contribution is -2.16. The molecule has 1 atom stereocenters. The molecule has 124 valence electrons. The van der Waals surface area contributed by atoms with E-state index in [9.17, 15) is 0 Å². The highest BCUT2D eigenvalue weighted by atomic mass is 16.5. The normalized spacial score (nSPS) is 17.0. The Hall–Kier alpha value is -2.26. The highest BCUT2D eigenvalue weighted by Crippen LogP contribution is 2.39. The summed E-state index contributed by atoms with van der Waals surface area (Å²) in [6, 6.07) is 17.1. The van der Waals surface area contributed by atoms with Gasteiger partial charge in [-0.25, -0.2) is 0 Å². The summed E-state index contributed by atoms with van der Waals surface area (Å²) in [5.41, 5.74) is 5.42. The van der Waals surface area contributed by atoms with Crippen molar-refractivity contribution in [1.82, 2.24) is 4.57 Å². The Bertz CT molecular complexity index is 848. The van der Waals surface area contributed by atoms with Crippen LogP contribution in [0.2, 0.25) is 0 Å². The summed E-state index contributed by atoms with van der Waals surface area (Å²) < 4.78 is 13.5. The lowest BCUT2D eigenvalue weighted by atomic mass is 9.93. The number of para-hydroxylation sites is 1. The van der Waals surface area contributed by atoms with E-state index in [1.165, 1.54) is 34.1 Å². The zero-order valence-corrected chi connectivity index (χ0v) is 14.3. The van der Waals surface area contributed by atoms with Gasteiger partial charge in [0.1, 0.15) is 5.75 Å². The SMILES string of the molecule is COc1ccc(Cn2c3c(c4ccccc42)CCCC3OC)cc1. The Morgan fingerprint density at radius 2 is 1.83 bits per heavy atom. The van der Waals surface area contributed by atoms with Crippen LogP contribution in [0.15, 0.2) is 48.5 Å². The number of nitrogens with zero attached hydrogens (tertiary/aromatic N) is 1. The van der Waals surface area contributed by atoms with Crippen LogP contribution in [0.1, 0.15) is 35.8 Å². The number of ether oxygens (including phenoxy) is 2. The standard InChI is InChI=1S/C21H23NO2/c1-23-16-12-10-15(11-13-16)14-22-19-8-4-3-6-17(19)18-7-5-9-20(24-2)21(18)22/h3-4,6,8,10-13,20H,5,7,9,14H2,1-2H3. The molecule has 1 unspecified atom stereocenters. The molecule has 3 aromatic rings. The first-order valence-corrected chi connectivity index (χ1v) is 8.57. The molecule has 0 saturated carbocycles. The van der Waals surface area contributed by atoms with Crippen molar-refractivity contribution in [2.75, 3.05) is 14.2 Å². The lowest BCUT2D eigenvalue weighted by Gasteiger charge is -2.24. The minimum absolute atomic E-state index is 0.194. The minimum atomic E-state index is 0.194. The van der Waals surface area contributed by atoms with E-state index in [1.54, 1.807) is 7.11 Å². The summed E-state index contributed by atoms with van der Waals surface area (Å²) in [5, 5.41) is 1.38. The summed E-state index contributed by atoms with van der Waals surface area (Å²) in [6.07, 6.45) is 3.63. The molecule has 1 aliphatic carbocycles. The van der Waals surface area contributed by atoms with Gasteiger partial charge in [0.05, 0.1) is 18.9 Å². The monoisotopic (exact) mass is 321 g/mol. The van der Waals surface area contributed by atoms with Gasteiger partial charge in [0, 0.05) is 24.6 Å². The molecule has 0 aliphatic heterocycles. The fourth-order valence-corrected chi connectivity index (χ4v) is 3.94. The summed E-state index contributed by atoms with van der Waals surface area (Å²) >= 11 is 0. The van der Waals surface area contributed by atoms with E-state index in [2.05, 4.69) is 41.0 Å². The molecule has 0 amide bonds. The summed E-state index contributed by atoms with van der Waals surface area (Å²) in [5.74, 6) is 0.896. The molecule has 3 heteroatoms. The quantitative estimate of drug-likeness (QED) is 0.694. The van der Waals surface area contributed by atoms with Crippen molar-refractivity contribution in [2.45, 2.75) is 31.9 Å². The molecule has 1 aliphatic rings. The molecule has 0 saturated heterocycles. The molecule has 0 radical (unpaired) electrons. The zero-order chi connectivity index (χ0) is 16.5. The van der Waals surface area contributed by atoms with Crippen molar-refractivity contribution in [3.8, 4) is 5.75 Å². The minimum Gasteiger partial charge on any atom is -0.497 e. The zero-order valence-electron chi connectivity index (χ0n) is 14.3. The van der Waals surface area contributed by atoms with Crippen LogP contribution in [0.25, 0.3) is 10.9 Å². The Kier molecular flexibility index (Phi) is 4.03. The lowest BCUT2D eigenvalue weighted by molar-refractivity contribution is 0.0820. The van der Waals surface area contributed by atoms with E-state index in [0.717, 1.165) is 25.1 Å². The van der Waals surface area contributed by atoms with Gasteiger partial charge in [0.25, 0.3) is 0 Å². The average molecular weight is 321 g/mol. The highest BCUT2D eigenvalue weighted by molar-refractivity contribution is 5.86. The van der Waals surface area contributed by atoms with Gasteiger partial charge in [-0.1, -0.05) is 30.3 Å². The maximum atomic E-state index is 5.82. The average Bonchev–Trinajstić information content (AvgIpc) is 2.97. The number of methoxy groups -OCH3 is 2. The fraction of sp³-hybridized carbons (Fsp3) is 0.333. The first kappa shape index (κ1) is 15.3. The first-order valence-electron chi connectivity index (χ1n) is 8.57. The maximum absolute atomic E-state index is 5.82. The van der Waals surface area contributed by atoms with Crippen LogP contribution in [0.4, 0.5) is 0 Å². The molecule has 1 aromatic heterocycles. The van der Waals surface area contributed by atoms with Crippen LogP contribution in [-0.2, 0) is 17.7 Å². The van der Waals surface area contributed by atoms with Gasteiger partial charge in [-0.05, 0) is 48.6 Å². The van der Waals surface area contributed by atoms with Crippen LogP contribution in [0.3, 0.4) is 0 Å². The van der Waals surface area contributed by atoms with Gasteiger partial charge in [0.15, 0.2) is 0 Å². The third kappa shape index (κ3) is 2.49. The first-order chi connectivity index (χ1) is 11.8. The van der Waals surface area contributed by atoms with Gasteiger partial charge < -0.3 is 14.0 Å². The third-order valence-corrected chi connectivity index (χ3v) is 5.10. The van der Waals surface area contributed by atoms with Gasteiger partial charge in [-0.15, -0.1) is 0 Å². The van der Waals surface area contributed by atoms with Crippen LogP contribution in [0, 0.1) is 0 Å². The molecular formula is C21H23NO2. The topological polar surface area (TPSA) is 23.4 Å². The van der Waals surface area contributed by atoms with Gasteiger partial charge in [0.2, 0.25) is 0 Å². The van der Waals surface area contributed by atoms with E-state index in [-0.39, 0.29) is 6.10 Å². The number of aryl methyl sites for hydroxylation is 1. The predicted molar refractivity (Wildman–Crippen MR) is 96.7 cm³/mol. The van der Waals surface area contributed by atoms with E-state index in [1.807, 2.05) is 19.2 Å². The molecule has 24 heavy (non-hydrogen) atoms. The summed E-state index contributed by atoms with van der Waals surface area (Å²) in [6.45, 7) is 0.861. The number of rotatable bonds is 4. The van der Waals surface area contributed by atoms with Gasteiger partial charge in [-0.2, -0.15) is 0 Å². The van der Waals surface area contributed by atoms with Crippen molar-refractivity contribution in [3.05, 3.63) is 65.4 Å². The molecule has 4 rings (SSSR count). The molecule has 0 bridgehead atoms. The molecule has 0 spiro atoms. The van der Waals surface area contributed by atoms with Gasteiger partial charge >= 0.3 is 0 Å². The van der Waals surface area contributed by atoms with E-state index in [0.29, 0.717) is 0 Å². The Morgan fingerprint density at radius 1 is 1.04 bits per heavy atom. The second-order valence-corrected chi connectivity index (χ2v) is 6.43. The largest absolute Gasteiger partial charge is 0.497 e. The Labute approximate surface area is 142 Å². The predicted octanol–water partition coefficient (Wildman–Crippen LogP) is 4.72. The third-order valence-electron chi connectivity index (χ3n) is 5.10. The molecule has 1 heterocycles. The molecule has 3 nitrogen and oxygen atoms in total. The molecular weight excluding hydrogens is 298 g/mol. The number of benzene rings is 2. The van der Waals surface area contributed by atoms with Gasteiger partial charge in [-0.3, -0.25) is 0 Å². The highest BCUT2D eigenvalue weighted by Gasteiger charge is 2.27. The Morgan fingerprint density at radius 3 is 2.58 bits per heavy atom. The van der Waals surface area contributed by atoms with Crippen molar-refractivity contribution in [1.29, 1.82) is 0 Å². The van der Waals surface area contributed by atoms with Crippen LogP contribution < -0.4 is 4.74 Å². The molecule has 0 N–H and O–H groups in total. The fourth-order valence-electron chi connectivity index (χ4n) is 3.94. The summed E-state index contributed by atoms with van der Waals surface area (Å²) in [4.78, 5) is 0. The number of fused-ring (bicyclic) bond motifs is 3. The van der Waals surface area contributed by atoms with Crippen LogP contribution in [0.5, 0.6) is 5.75 Å². The van der Waals surface area contributed by atoms with Crippen molar-refractivity contribution in [2.24, 2.45) is 0 Å². The van der Waals surface area contributed by atoms with Crippen molar-refractivity contribution in [3.63, 3.8) is 0 Å². The number of hydrogen-bond donors (Lipinski definition) is 0. The van der Waals surface area contributed by atoms with E-state index < -0.39 is 0 Å². The Balaban J connectivity index is 1.84. The van der Waals surface area contributed by atoms with Crippen molar-refractivity contribution >= 4 is 10.9 Å². The maximum Gasteiger partial charge on any atom is 0.118 e. The smallest absolute Gasteiger partial charge is 0.118 e. The second-order valence-electron chi connectivity index (χ2n) is 6.43. The van der Waals surface area contributed by atoms with E-state index >= 15 is 0 Å². The molecule has 0 fully saturated rings. The number of aromatic nitrogens is 1. The number of hydrogen-bond acceptors (Lipinski definition) is 2. The second kappa shape index (κ2) is 6.33. The molecule has 2 aromatic carbocycles. The van der Waals surface area contributed by atoms with Crippen LogP contribution >= 0.6 is 0 Å².